The van der Waals surface area contributed by atoms with E-state index < -0.39 is 0 Å². The van der Waals surface area contributed by atoms with Gasteiger partial charge in [-0.15, -0.1) is 0 Å². The van der Waals surface area contributed by atoms with Gasteiger partial charge in [-0.05, 0) is 48.2 Å². The van der Waals surface area contributed by atoms with Crippen LogP contribution in [0.5, 0.6) is 0 Å². The summed E-state index contributed by atoms with van der Waals surface area (Å²) in [5.41, 5.74) is 10.7. The first-order valence-corrected chi connectivity index (χ1v) is 6.30. The molecular weight excluding hydrogens is 276 g/mol. The Morgan fingerprint density at radius 1 is 1.00 bits per heavy atom. The SMILES string of the molecule is Cc1cncc(C(N)c2cc(C)cc(Br)c2)c1. The Bertz CT molecular complexity index is 517. The Hall–Kier alpha value is -1.19. The van der Waals surface area contributed by atoms with Crippen LogP contribution in [0, 0.1) is 13.8 Å². The first kappa shape index (κ1) is 12.3. The minimum atomic E-state index is -0.126. The van der Waals surface area contributed by atoms with Gasteiger partial charge in [-0.2, -0.15) is 0 Å². The highest BCUT2D eigenvalue weighted by atomic mass is 79.9. The number of halogens is 1. The number of hydrogen-bond donors (Lipinski definition) is 1. The quantitative estimate of drug-likeness (QED) is 0.919. The van der Waals surface area contributed by atoms with Crippen molar-refractivity contribution in [2.75, 3.05) is 0 Å². The van der Waals surface area contributed by atoms with Gasteiger partial charge in [0.15, 0.2) is 0 Å². The highest BCUT2D eigenvalue weighted by Crippen LogP contribution is 2.24. The third-order valence-corrected chi connectivity index (χ3v) is 3.14. The van der Waals surface area contributed by atoms with Crippen LogP contribution < -0.4 is 5.73 Å². The smallest absolute Gasteiger partial charge is 0.0567 e. The third-order valence-electron chi connectivity index (χ3n) is 2.68. The van der Waals surface area contributed by atoms with Crippen LogP contribution in [0.1, 0.15) is 28.3 Å². The molecule has 1 atom stereocenters. The highest BCUT2D eigenvalue weighted by Gasteiger charge is 2.10. The second-order valence-corrected chi connectivity index (χ2v) is 5.25. The van der Waals surface area contributed by atoms with Gasteiger partial charge in [0.05, 0.1) is 6.04 Å². The number of benzene rings is 1. The minimum Gasteiger partial charge on any atom is -0.320 e. The van der Waals surface area contributed by atoms with E-state index in [0.29, 0.717) is 0 Å². The zero-order chi connectivity index (χ0) is 12.4. The van der Waals surface area contributed by atoms with Crippen LogP contribution in [0.15, 0.2) is 41.1 Å². The van der Waals surface area contributed by atoms with Gasteiger partial charge in [0.1, 0.15) is 0 Å². The average molecular weight is 291 g/mol. The van der Waals surface area contributed by atoms with Crippen LogP contribution in [0.4, 0.5) is 0 Å². The topological polar surface area (TPSA) is 38.9 Å². The van der Waals surface area contributed by atoms with Crippen molar-refractivity contribution >= 4 is 15.9 Å². The lowest BCUT2D eigenvalue weighted by atomic mass is 9.99. The summed E-state index contributed by atoms with van der Waals surface area (Å²) >= 11 is 3.50. The fourth-order valence-corrected chi connectivity index (χ4v) is 2.51. The highest BCUT2D eigenvalue weighted by molar-refractivity contribution is 9.10. The summed E-state index contributed by atoms with van der Waals surface area (Å²) in [6.07, 6.45) is 3.66. The van der Waals surface area contributed by atoms with Crippen LogP contribution >= 0.6 is 15.9 Å². The van der Waals surface area contributed by atoms with Gasteiger partial charge in [0, 0.05) is 16.9 Å². The molecule has 1 heterocycles. The second kappa shape index (κ2) is 4.98. The number of nitrogens with two attached hydrogens (primary N) is 1. The van der Waals surface area contributed by atoms with Gasteiger partial charge in [0.2, 0.25) is 0 Å². The lowest BCUT2D eigenvalue weighted by molar-refractivity contribution is 0.858. The van der Waals surface area contributed by atoms with E-state index in [0.717, 1.165) is 21.2 Å². The van der Waals surface area contributed by atoms with Crippen LogP contribution in [-0.4, -0.2) is 4.98 Å². The lowest BCUT2D eigenvalue weighted by Gasteiger charge is -2.14. The molecule has 0 saturated heterocycles. The number of aromatic nitrogens is 1. The molecule has 0 radical (unpaired) electrons. The average Bonchev–Trinajstić information content (AvgIpc) is 2.26. The van der Waals surface area contributed by atoms with Crippen molar-refractivity contribution in [3.8, 4) is 0 Å². The van der Waals surface area contributed by atoms with Crippen LogP contribution in [-0.2, 0) is 0 Å². The van der Waals surface area contributed by atoms with Crippen molar-refractivity contribution < 1.29 is 0 Å². The summed E-state index contributed by atoms with van der Waals surface area (Å²) in [4.78, 5) is 4.18. The Morgan fingerprint density at radius 3 is 2.35 bits per heavy atom. The zero-order valence-corrected chi connectivity index (χ0v) is 11.5. The summed E-state index contributed by atoms with van der Waals surface area (Å²) in [7, 11) is 0. The molecule has 2 N–H and O–H groups in total. The normalized spacial score (nSPS) is 12.5. The van der Waals surface area contributed by atoms with Crippen LogP contribution in [0.2, 0.25) is 0 Å². The molecule has 0 aliphatic carbocycles. The van der Waals surface area contributed by atoms with Gasteiger partial charge in [-0.25, -0.2) is 0 Å². The molecule has 2 rings (SSSR count). The van der Waals surface area contributed by atoms with Crippen LogP contribution in [0.25, 0.3) is 0 Å². The minimum absolute atomic E-state index is 0.126. The molecule has 0 amide bonds. The number of nitrogens with zero attached hydrogens (tertiary/aromatic N) is 1. The number of aryl methyl sites for hydroxylation is 2. The predicted molar refractivity (Wildman–Crippen MR) is 73.9 cm³/mol. The van der Waals surface area contributed by atoms with E-state index in [4.69, 9.17) is 5.73 Å². The third kappa shape index (κ3) is 2.93. The maximum absolute atomic E-state index is 6.26. The van der Waals surface area contributed by atoms with Crippen molar-refractivity contribution in [2.24, 2.45) is 5.73 Å². The number of rotatable bonds is 2. The first-order valence-electron chi connectivity index (χ1n) is 5.50. The maximum Gasteiger partial charge on any atom is 0.0567 e. The predicted octanol–water partition coefficient (Wildman–Crippen LogP) is 3.51. The fraction of sp³-hybridized carbons (Fsp3) is 0.214. The molecule has 0 saturated carbocycles. The summed E-state index contributed by atoms with van der Waals surface area (Å²) in [6, 6.07) is 8.19. The second-order valence-electron chi connectivity index (χ2n) is 4.34. The van der Waals surface area contributed by atoms with Crippen molar-refractivity contribution in [1.29, 1.82) is 0 Å². The molecular formula is C14H15BrN2. The zero-order valence-electron chi connectivity index (χ0n) is 9.94. The van der Waals surface area contributed by atoms with E-state index in [1.807, 2.05) is 19.3 Å². The maximum atomic E-state index is 6.26. The van der Waals surface area contributed by atoms with Crippen molar-refractivity contribution in [3.63, 3.8) is 0 Å². The van der Waals surface area contributed by atoms with Crippen LogP contribution in [0.3, 0.4) is 0 Å². The molecule has 2 aromatic rings. The summed E-state index contributed by atoms with van der Waals surface area (Å²) in [5, 5.41) is 0. The number of pyridine rings is 1. The molecule has 2 nitrogen and oxygen atoms in total. The standard InChI is InChI=1S/C14H15BrN2/c1-9-3-11(6-13(15)5-9)14(16)12-4-10(2)7-17-8-12/h3-8,14H,16H2,1-2H3. The largest absolute Gasteiger partial charge is 0.320 e. The van der Waals surface area contributed by atoms with E-state index >= 15 is 0 Å². The van der Waals surface area contributed by atoms with Gasteiger partial charge < -0.3 is 5.73 Å². The van der Waals surface area contributed by atoms with Gasteiger partial charge >= 0.3 is 0 Å². The summed E-state index contributed by atoms with van der Waals surface area (Å²) in [6.45, 7) is 4.09. The molecule has 1 aromatic heterocycles. The van der Waals surface area contributed by atoms with E-state index in [-0.39, 0.29) is 6.04 Å². The molecule has 17 heavy (non-hydrogen) atoms. The van der Waals surface area contributed by atoms with E-state index in [9.17, 15) is 0 Å². The molecule has 0 spiro atoms. The summed E-state index contributed by atoms with van der Waals surface area (Å²) in [5.74, 6) is 0. The Morgan fingerprint density at radius 2 is 1.71 bits per heavy atom. The number of hydrogen-bond acceptors (Lipinski definition) is 2. The molecule has 88 valence electrons. The van der Waals surface area contributed by atoms with Gasteiger partial charge in [-0.1, -0.05) is 28.1 Å². The van der Waals surface area contributed by atoms with E-state index in [2.05, 4.69) is 52.1 Å². The van der Waals surface area contributed by atoms with Crippen molar-refractivity contribution in [3.05, 3.63) is 63.4 Å². The Balaban J connectivity index is 2.39. The monoisotopic (exact) mass is 290 g/mol. The van der Waals surface area contributed by atoms with Gasteiger partial charge in [-0.3, -0.25) is 4.98 Å². The lowest BCUT2D eigenvalue weighted by Crippen LogP contribution is -2.12. The fourth-order valence-electron chi connectivity index (χ4n) is 1.89. The van der Waals surface area contributed by atoms with Gasteiger partial charge in [0.25, 0.3) is 0 Å². The van der Waals surface area contributed by atoms with E-state index in [1.54, 1.807) is 0 Å². The molecule has 0 aliphatic heterocycles. The molecule has 0 fully saturated rings. The molecule has 1 unspecified atom stereocenters. The summed E-state index contributed by atoms with van der Waals surface area (Å²) < 4.78 is 1.06. The van der Waals surface area contributed by atoms with Crippen molar-refractivity contribution in [2.45, 2.75) is 19.9 Å². The molecule has 1 aromatic carbocycles. The Labute approximate surface area is 110 Å². The van der Waals surface area contributed by atoms with E-state index in [1.165, 1.54) is 5.56 Å². The van der Waals surface area contributed by atoms with Crippen molar-refractivity contribution in [1.82, 2.24) is 4.98 Å². The Kier molecular flexibility index (Phi) is 3.60. The molecule has 3 heteroatoms. The molecule has 0 aliphatic rings. The molecule has 0 bridgehead atoms. The first-order chi connectivity index (χ1) is 8.06.